The SMILES string of the molecule is C=C(Cl)C(=O)OC(F)(C(F)F)C(F)(F)F. The van der Waals surface area contributed by atoms with Gasteiger partial charge in [-0.3, -0.25) is 0 Å². The zero-order valence-electron chi connectivity index (χ0n) is 6.75. The van der Waals surface area contributed by atoms with Gasteiger partial charge in [0, 0.05) is 0 Å². The van der Waals surface area contributed by atoms with Crippen molar-refractivity contribution in [1.82, 2.24) is 0 Å². The van der Waals surface area contributed by atoms with Gasteiger partial charge in [-0.1, -0.05) is 18.2 Å². The van der Waals surface area contributed by atoms with Crippen LogP contribution < -0.4 is 0 Å². The van der Waals surface area contributed by atoms with Crippen LogP contribution in [-0.2, 0) is 9.53 Å². The molecule has 9 heteroatoms. The Bertz CT molecular complexity index is 275. The van der Waals surface area contributed by atoms with Gasteiger partial charge in [-0.25, -0.2) is 13.6 Å². The predicted molar refractivity (Wildman–Crippen MR) is 37.0 cm³/mol. The summed E-state index contributed by atoms with van der Waals surface area (Å²) >= 11 is 4.74. The lowest BCUT2D eigenvalue weighted by molar-refractivity contribution is -0.354. The Morgan fingerprint density at radius 3 is 1.87 bits per heavy atom. The maximum Gasteiger partial charge on any atom is 0.466 e. The number of rotatable bonds is 3. The summed E-state index contributed by atoms with van der Waals surface area (Å²) in [6.07, 6.45) is -10.7. The van der Waals surface area contributed by atoms with Crippen LogP contribution in [0.1, 0.15) is 0 Å². The highest BCUT2D eigenvalue weighted by Gasteiger charge is 2.66. The number of carbonyl (C=O) groups excluding carboxylic acids is 1. The zero-order valence-corrected chi connectivity index (χ0v) is 7.50. The van der Waals surface area contributed by atoms with Crippen molar-refractivity contribution in [1.29, 1.82) is 0 Å². The largest absolute Gasteiger partial charge is 0.466 e. The summed E-state index contributed by atoms with van der Waals surface area (Å²) in [5.74, 6) is -7.50. The fraction of sp³-hybridized carbons (Fsp3) is 0.500. The molecule has 0 bridgehead atoms. The molecule has 0 heterocycles. The van der Waals surface area contributed by atoms with E-state index in [1.165, 1.54) is 0 Å². The average molecular weight is 257 g/mol. The Morgan fingerprint density at radius 1 is 1.27 bits per heavy atom. The van der Waals surface area contributed by atoms with E-state index in [-0.39, 0.29) is 0 Å². The summed E-state index contributed by atoms with van der Waals surface area (Å²) in [5, 5.41) is -1.15. The Morgan fingerprint density at radius 2 is 1.67 bits per heavy atom. The molecule has 0 saturated carbocycles. The van der Waals surface area contributed by atoms with Crippen molar-refractivity contribution in [2.45, 2.75) is 18.5 Å². The lowest BCUT2D eigenvalue weighted by atomic mass is 10.3. The number of alkyl halides is 6. The van der Waals surface area contributed by atoms with E-state index >= 15 is 0 Å². The molecule has 0 aliphatic rings. The zero-order chi connectivity index (χ0) is 12.4. The molecule has 0 saturated heterocycles. The van der Waals surface area contributed by atoms with E-state index < -0.39 is 29.5 Å². The van der Waals surface area contributed by atoms with Crippen LogP contribution in [0.15, 0.2) is 11.6 Å². The molecule has 0 aliphatic carbocycles. The first-order valence-electron chi connectivity index (χ1n) is 3.14. The second-order valence-electron chi connectivity index (χ2n) is 2.24. The van der Waals surface area contributed by atoms with E-state index in [1.807, 2.05) is 0 Å². The minimum Gasteiger partial charge on any atom is -0.411 e. The van der Waals surface area contributed by atoms with E-state index in [4.69, 9.17) is 11.6 Å². The van der Waals surface area contributed by atoms with Crippen LogP contribution in [-0.4, -0.2) is 24.4 Å². The van der Waals surface area contributed by atoms with E-state index in [1.54, 1.807) is 0 Å². The Labute approximate surface area is 84.4 Å². The highest BCUT2D eigenvalue weighted by atomic mass is 35.5. The molecule has 0 spiro atoms. The van der Waals surface area contributed by atoms with Gasteiger partial charge in [0.1, 0.15) is 5.03 Å². The molecule has 0 amide bonds. The van der Waals surface area contributed by atoms with Gasteiger partial charge >= 0.3 is 24.4 Å². The Balaban J connectivity index is 5.00. The molecule has 0 aliphatic heterocycles. The fourth-order valence-corrected chi connectivity index (χ4v) is 0.455. The summed E-state index contributed by atoms with van der Waals surface area (Å²) in [6.45, 7) is 2.59. The van der Waals surface area contributed by atoms with Crippen molar-refractivity contribution in [3.8, 4) is 0 Å². The van der Waals surface area contributed by atoms with Crippen LogP contribution in [0.25, 0.3) is 0 Å². The molecule has 0 rings (SSSR count). The average Bonchev–Trinajstić information content (AvgIpc) is 2.01. The summed E-state index contributed by atoms with van der Waals surface area (Å²) in [5.41, 5.74) is 0. The normalized spacial score (nSPS) is 16.0. The molecule has 1 unspecified atom stereocenters. The number of carbonyl (C=O) groups is 1. The smallest absolute Gasteiger partial charge is 0.411 e. The molecule has 0 radical (unpaired) electrons. The Hall–Kier alpha value is -0.920. The highest BCUT2D eigenvalue weighted by molar-refractivity contribution is 6.40. The fourth-order valence-electron chi connectivity index (χ4n) is 0.416. The van der Waals surface area contributed by atoms with Gasteiger partial charge in [0.05, 0.1) is 0 Å². The lowest BCUT2D eigenvalue weighted by Crippen LogP contribution is -2.50. The van der Waals surface area contributed by atoms with Crippen molar-refractivity contribution in [2.24, 2.45) is 0 Å². The van der Waals surface area contributed by atoms with Gasteiger partial charge in [0.15, 0.2) is 0 Å². The molecule has 0 aromatic rings. The van der Waals surface area contributed by atoms with Crippen LogP contribution >= 0.6 is 11.6 Å². The monoisotopic (exact) mass is 256 g/mol. The third-order valence-electron chi connectivity index (χ3n) is 1.13. The van der Waals surface area contributed by atoms with Gasteiger partial charge in [0.2, 0.25) is 0 Å². The first kappa shape index (κ1) is 14.1. The molecule has 1 atom stereocenters. The molecular formula is C6H3ClF6O2. The first-order chi connectivity index (χ1) is 6.52. The molecule has 0 aromatic carbocycles. The van der Waals surface area contributed by atoms with Crippen molar-refractivity contribution in [2.75, 3.05) is 0 Å². The van der Waals surface area contributed by atoms with Gasteiger partial charge in [-0.2, -0.15) is 17.6 Å². The summed E-state index contributed by atoms with van der Waals surface area (Å²) in [4.78, 5) is 10.4. The molecule has 15 heavy (non-hydrogen) atoms. The molecule has 0 N–H and O–H groups in total. The van der Waals surface area contributed by atoms with Gasteiger partial charge in [-0.05, 0) is 0 Å². The third-order valence-corrected chi connectivity index (χ3v) is 1.28. The molecular weight excluding hydrogens is 254 g/mol. The number of esters is 1. The summed E-state index contributed by atoms with van der Waals surface area (Å²) < 4.78 is 74.4. The Kier molecular flexibility index (Phi) is 4.03. The minimum absolute atomic E-state index is 1.15. The van der Waals surface area contributed by atoms with Crippen molar-refractivity contribution < 1.29 is 35.9 Å². The second-order valence-corrected chi connectivity index (χ2v) is 2.69. The van der Waals surface area contributed by atoms with Crippen LogP contribution in [0.4, 0.5) is 26.3 Å². The third kappa shape index (κ3) is 3.01. The van der Waals surface area contributed by atoms with E-state index in [0.717, 1.165) is 0 Å². The van der Waals surface area contributed by atoms with E-state index in [0.29, 0.717) is 0 Å². The topological polar surface area (TPSA) is 26.3 Å². The maximum absolute atomic E-state index is 12.6. The van der Waals surface area contributed by atoms with Crippen LogP contribution in [0, 0.1) is 0 Å². The van der Waals surface area contributed by atoms with Crippen LogP contribution in [0.5, 0.6) is 0 Å². The van der Waals surface area contributed by atoms with Gasteiger partial charge in [-0.15, -0.1) is 0 Å². The molecule has 2 nitrogen and oxygen atoms in total. The molecule has 0 aromatic heterocycles. The van der Waals surface area contributed by atoms with E-state index in [9.17, 15) is 31.1 Å². The summed E-state index contributed by atoms with van der Waals surface area (Å²) in [6, 6.07) is 0. The number of hydrogen-bond acceptors (Lipinski definition) is 2. The number of halogens is 7. The minimum atomic E-state index is -6.07. The van der Waals surface area contributed by atoms with Gasteiger partial charge in [0.25, 0.3) is 0 Å². The second kappa shape index (κ2) is 4.30. The van der Waals surface area contributed by atoms with E-state index in [2.05, 4.69) is 11.3 Å². The summed E-state index contributed by atoms with van der Waals surface area (Å²) in [7, 11) is 0. The first-order valence-corrected chi connectivity index (χ1v) is 3.51. The van der Waals surface area contributed by atoms with Crippen LogP contribution in [0.2, 0.25) is 0 Å². The lowest BCUT2D eigenvalue weighted by Gasteiger charge is -2.26. The quantitative estimate of drug-likeness (QED) is 0.441. The highest BCUT2D eigenvalue weighted by Crippen LogP contribution is 2.40. The molecule has 88 valence electrons. The maximum atomic E-state index is 12.6. The standard InChI is InChI=1S/C6H3ClF6O2/c1-2(7)3(14)15-5(10,4(8)9)6(11,12)13/h4H,1H2. The number of hydrogen-bond donors (Lipinski definition) is 0. The van der Waals surface area contributed by atoms with Crippen molar-refractivity contribution >= 4 is 17.6 Å². The van der Waals surface area contributed by atoms with Crippen LogP contribution in [0.3, 0.4) is 0 Å². The predicted octanol–water partition coefficient (Wildman–Crippen LogP) is 2.78. The number of ether oxygens (including phenoxy) is 1. The van der Waals surface area contributed by atoms with Crippen molar-refractivity contribution in [3.63, 3.8) is 0 Å². The molecule has 0 fully saturated rings. The van der Waals surface area contributed by atoms with Gasteiger partial charge < -0.3 is 4.74 Å². The van der Waals surface area contributed by atoms with Crippen molar-refractivity contribution in [3.05, 3.63) is 11.6 Å².